The molecule has 2 N–H and O–H groups in total. The lowest BCUT2D eigenvalue weighted by atomic mass is 9.93. The number of carbonyl (C=O) groups is 2. The third kappa shape index (κ3) is 6.77. The lowest BCUT2D eigenvalue weighted by Crippen LogP contribution is -2.42. The number of nitrogens with zero attached hydrogens (tertiary/aromatic N) is 2. The summed E-state index contributed by atoms with van der Waals surface area (Å²) in [4.78, 5) is 24.2. The number of carboxylic acids is 1. The molecule has 0 spiro atoms. The van der Waals surface area contributed by atoms with E-state index >= 15 is 0 Å². The fourth-order valence-corrected chi connectivity index (χ4v) is 2.37. The molecule has 1 amide bonds. The zero-order valence-electron chi connectivity index (χ0n) is 11.1. The Bertz CT molecular complexity index is 352. The normalized spacial score (nSPS) is 19.6. The Morgan fingerprint density at radius 3 is 2.95 bits per heavy atom. The van der Waals surface area contributed by atoms with Crippen LogP contribution in [0.5, 0.6) is 0 Å². The number of aliphatic carboxylic acids is 1. The van der Waals surface area contributed by atoms with Gasteiger partial charge in [-0.1, -0.05) is 0 Å². The van der Waals surface area contributed by atoms with Crippen LogP contribution < -0.4 is 5.32 Å². The molecule has 0 bridgehead atoms. The SMILES string of the molecule is N#CCCNC(=O)CN1CCCC(CCC(=O)O)C1. The summed E-state index contributed by atoms with van der Waals surface area (Å²) in [6, 6.07) is 1.98. The molecule has 106 valence electrons. The number of carboxylic acid groups (broad SMARTS) is 1. The standard InChI is InChI=1S/C13H21N3O3/c14-6-2-7-15-12(17)10-16-8-1-3-11(9-16)4-5-13(18)19/h11H,1-5,7-10H2,(H,15,17)(H,18,19). The molecule has 6 heteroatoms. The van der Waals surface area contributed by atoms with E-state index in [0.29, 0.717) is 31.8 Å². The number of nitrogens with one attached hydrogen (secondary N) is 1. The molecule has 0 aliphatic carbocycles. The molecular weight excluding hydrogens is 246 g/mol. The van der Waals surface area contributed by atoms with E-state index in [-0.39, 0.29) is 12.3 Å². The largest absolute Gasteiger partial charge is 0.481 e. The number of hydrogen-bond donors (Lipinski definition) is 2. The Morgan fingerprint density at radius 2 is 2.26 bits per heavy atom. The molecule has 6 nitrogen and oxygen atoms in total. The molecule has 0 aromatic heterocycles. The first-order valence-corrected chi connectivity index (χ1v) is 6.69. The Hall–Kier alpha value is -1.61. The van der Waals surface area contributed by atoms with Gasteiger partial charge in [-0.3, -0.25) is 14.5 Å². The highest BCUT2D eigenvalue weighted by atomic mass is 16.4. The zero-order chi connectivity index (χ0) is 14.1. The van der Waals surface area contributed by atoms with Crippen molar-refractivity contribution in [2.75, 3.05) is 26.2 Å². The number of rotatable bonds is 7. The zero-order valence-corrected chi connectivity index (χ0v) is 11.1. The molecule has 0 aromatic carbocycles. The number of amides is 1. The summed E-state index contributed by atoms with van der Waals surface area (Å²) < 4.78 is 0. The summed E-state index contributed by atoms with van der Waals surface area (Å²) in [5.41, 5.74) is 0. The smallest absolute Gasteiger partial charge is 0.303 e. The summed E-state index contributed by atoms with van der Waals surface area (Å²) in [7, 11) is 0. The van der Waals surface area contributed by atoms with E-state index < -0.39 is 5.97 Å². The van der Waals surface area contributed by atoms with Crippen LogP contribution in [0.15, 0.2) is 0 Å². The molecule has 1 rings (SSSR count). The molecule has 19 heavy (non-hydrogen) atoms. The van der Waals surface area contributed by atoms with Gasteiger partial charge in [0.25, 0.3) is 0 Å². The predicted molar refractivity (Wildman–Crippen MR) is 69.3 cm³/mol. The van der Waals surface area contributed by atoms with Crippen LogP contribution in [0.1, 0.15) is 32.1 Å². The fourth-order valence-electron chi connectivity index (χ4n) is 2.37. The van der Waals surface area contributed by atoms with Gasteiger partial charge >= 0.3 is 5.97 Å². The molecule has 0 radical (unpaired) electrons. The molecule has 1 aliphatic heterocycles. The summed E-state index contributed by atoms with van der Waals surface area (Å²) in [5, 5.41) is 19.8. The molecule has 1 saturated heterocycles. The van der Waals surface area contributed by atoms with Gasteiger partial charge in [-0.25, -0.2) is 0 Å². The maximum atomic E-state index is 11.6. The summed E-state index contributed by atoms with van der Waals surface area (Å²) >= 11 is 0. The highest BCUT2D eigenvalue weighted by molar-refractivity contribution is 5.78. The van der Waals surface area contributed by atoms with Gasteiger partial charge in [-0.05, 0) is 31.7 Å². The predicted octanol–water partition coefficient (Wildman–Crippen LogP) is 0.593. The van der Waals surface area contributed by atoms with E-state index in [2.05, 4.69) is 10.2 Å². The fraction of sp³-hybridized carbons (Fsp3) is 0.769. The van der Waals surface area contributed by atoms with E-state index in [9.17, 15) is 9.59 Å². The number of hydrogen-bond acceptors (Lipinski definition) is 4. The first kappa shape index (κ1) is 15.4. The number of likely N-dealkylation sites (tertiary alicyclic amines) is 1. The van der Waals surface area contributed by atoms with Crippen molar-refractivity contribution in [2.45, 2.75) is 32.1 Å². The van der Waals surface area contributed by atoms with Gasteiger partial charge in [0.1, 0.15) is 0 Å². The highest BCUT2D eigenvalue weighted by Gasteiger charge is 2.21. The van der Waals surface area contributed by atoms with Crippen LogP contribution in [-0.4, -0.2) is 48.1 Å². The maximum Gasteiger partial charge on any atom is 0.303 e. The third-order valence-electron chi connectivity index (χ3n) is 3.30. The van der Waals surface area contributed by atoms with Crippen LogP contribution in [0.3, 0.4) is 0 Å². The second kappa shape index (κ2) is 8.48. The van der Waals surface area contributed by atoms with Crippen molar-refractivity contribution < 1.29 is 14.7 Å². The van der Waals surface area contributed by atoms with Gasteiger partial charge in [0.2, 0.25) is 5.91 Å². The minimum absolute atomic E-state index is 0.0610. The number of nitriles is 1. The van der Waals surface area contributed by atoms with Crippen molar-refractivity contribution in [3.63, 3.8) is 0 Å². The van der Waals surface area contributed by atoms with Crippen molar-refractivity contribution in [1.29, 1.82) is 5.26 Å². The number of piperidine rings is 1. The molecule has 0 saturated carbocycles. The second-order valence-corrected chi connectivity index (χ2v) is 4.93. The van der Waals surface area contributed by atoms with Crippen molar-refractivity contribution in [3.8, 4) is 6.07 Å². The molecule has 0 aromatic rings. The summed E-state index contributed by atoms with van der Waals surface area (Å²) in [5.74, 6) is -0.447. The quantitative estimate of drug-likeness (QED) is 0.659. The lowest BCUT2D eigenvalue weighted by molar-refractivity contribution is -0.137. The first-order chi connectivity index (χ1) is 9.11. The van der Waals surface area contributed by atoms with Gasteiger partial charge < -0.3 is 10.4 Å². The van der Waals surface area contributed by atoms with E-state index in [1.165, 1.54) is 0 Å². The Balaban J connectivity index is 2.24. The minimum atomic E-state index is -0.758. The Labute approximate surface area is 113 Å². The van der Waals surface area contributed by atoms with Gasteiger partial charge in [0.15, 0.2) is 0 Å². The Kier molecular flexibility index (Phi) is 6.90. The van der Waals surface area contributed by atoms with Gasteiger partial charge in [0, 0.05) is 19.5 Å². The van der Waals surface area contributed by atoms with E-state index in [0.717, 1.165) is 25.9 Å². The highest BCUT2D eigenvalue weighted by Crippen LogP contribution is 2.20. The van der Waals surface area contributed by atoms with Crippen molar-refractivity contribution in [1.82, 2.24) is 10.2 Å². The van der Waals surface area contributed by atoms with Crippen LogP contribution >= 0.6 is 0 Å². The van der Waals surface area contributed by atoms with Gasteiger partial charge in [-0.15, -0.1) is 0 Å². The van der Waals surface area contributed by atoms with Crippen LogP contribution in [0.2, 0.25) is 0 Å². The van der Waals surface area contributed by atoms with Gasteiger partial charge in [-0.2, -0.15) is 5.26 Å². The van der Waals surface area contributed by atoms with Crippen LogP contribution in [0, 0.1) is 17.2 Å². The molecule has 1 aliphatic rings. The average Bonchev–Trinajstić information content (AvgIpc) is 2.37. The third-order valence-corrected chi connectivity index (χ3v) is 3.30. The number of carbonyl (C=O) groups excluding carboxylic acids is 1. The Morgan fingerprint density at radius 1 is 1.47 bits per heavy atom. The van der Waals surface area contributed by atoms with E-state index in [4.69, 9.17) is 10.4 Å². The minimum Gasteiger partial charge on any atom is -0.481 e. The van der Waals surface area contributed by atoms with Crippen LogP contribution in [0.4, 0.5) is 0 Å². The van der Waals surface area contributed by atoms with Crippen LogP contribution in [0.25, 0.3) is 0 Å². The second-order valence-electron chi connectivity index (χ2n) is 4.93. The van der Waals surface area contributed by atoms with Crippen LogP contribution in [-0.2, 0) is 9.59 Å². The van der Waals surface area contributed by atoms with Crippen molar-refractivity contribution >= 4 is 11.9 Å². The summed E-state index contributed by atoms with van der Waals surface area (Å²) in [6.07, 6.45) is 3.26. The average molecular weight is 267 g/mol. The van der Waals surface area contributed by atoms with Crippen molar-refractivity contribution in [2.24, 2.45) is 5.92 Å². The molecular formula is C13H21N3O3. The molecule has 1 fully saturated rings. The molecule has 1 heterocycles. The molecule has 1 atom stereocenters. The van der Waals surface area contributed by atoms with Crippen molar-refractivity contribution in [3.05, 3.63) is 0 Å². The topological polar surface area (TPSA) is 93.4 Å². The van der Waals surface area contributed by atoms with E-state index in [1.54, 1.807) is 0 Å². The monoisotopic (exact) mass is 267 g/mol. The van der Waals surface area contributed by atoms with E-state index in [1.807, 2.05) is 6.07 Å². The maximum absolute atomic E-state index is 11.6. The lowest BCUT2D eigenvalue weighted by Gasteiger charge is -2.32. The van der Waals surface area contributed by atoms with Gasteiger partial charge in [0.05, 0.1) is 19.0 Å². The molecule has 1 unspecified atom stereocenters. The first-order valence-electron chi connectivity index (χ1n) is 6.69. The summed E-state index contributed by atoms with van der Waals surface area (Å²) in [6.45, 7) is 2.41.